The lowest BCUT2D eigenvalue weighted by Crippen LogP contribution is -2.24. The number of carboxylic acid groups (broad SMARTS) is 1. The molecule has 0 unspecified atom stereocenters. The highest BCUT2D eigenvalue weighted by atomic mass is 32.1. The molecule has 0 aliphatic rings. The molecule has 0 saturated heterocycles. The molecule has 35 heavy (non-hydrogen) atoms. The largest absolute Gasteiger partial charge is 0.492 e. The van der Waals surface area contributed by atoms with Crippen molar-refractivity contribution in [3.05, 3.63) is 58.9 Å². The fraction of sp³-hybridized carbons (Fsp3) is 0.423. The van der Waals surface area contributed by atoms with E-state index in [-0.39, 0.29) is 12.2 Å². The summed E-state index contributed by atoms with van der Waals surface area (Å²) in [6, 6.07) is 10.9. The molecule has 0 atom stereocenters. The summed E-state index contributed by atoms with van der Waals surface area (Å²) in [5.41, 5.74) is 3.61. The Balaban J connectivity index is 1.70. The van der Waals surface area contributed by atoms with Gasteiger partial charge in [-0.15, -0.1) is 10.2 Å². The minimum absolute atomic E-state index is 0.0900. The molecule has 0 aliphatic heterocycles. The fourth-order valence-corrected chi connectivity index (χ4v) is 4.59. The summed E-state index contributed by atoms with van der Waals surface area (Å²) in [7, 11) is 0. The number of halogens is 1. The predicted octanol–water partition coefficient (Wildman–Crippen LogP) is 5.21. The van der Waals surface area contributed by atoms with E-state index >= 15 is 0 Å². The number of ether oxygens (including phenoxy) is 1. The molecule has 0 spiro atoms. The van der Waals surface area contributed by atoms with Gasteiger partial charge in [0.05, 0.1) is 6.42 Å². The molecule has 0 fully saturated rings. The van der Waals surface area contributed by atoms with Crippen LogP contribution >= 0.6 is 11.3 Å². The highest BCUT2D eigenvalue weighted by Gasteiger charge is 2.17. The van der Waals surface area contributed by atoms with E-state index in [2.05, 4.69) is 27.3 Å². The third-order valence-corrected chi connectivity index (χ3v) is 6.57. The number of hydrogen-bond donors (Lipinski definition) is 2. The second kappa shape index (κ2) is 13.2. The molecular formula is C26H33FN4O3S. The van der Waals surface area contributed by atoms with E-state index in [0.29, 0.717) is 31.8 Å². The molecule has 0 radical (unpaired) electrons. The zero-order chi connectivity index (χ0) is 25.2. The van der Waals surface area contributed by atoms with Gasteiger partial charge in [-0.25, -0.2) is 4.39 Å². The number of aromatic nitrogens is 2. The fourth-order valence-electron chi connectivity index (χ4n) is 3.73. The van der Waals surface area contributed by atoms with Crippen molar-refractivity contribution < 1.29 is 19.0 Å². The van der Waals surface area contributed by atoms with Gasteiger partial charge in [0.25, 0.3) is 0 Å². The van der Waals surface area contributed by atoms with Gasteiger partial charge in [-0.3, -0.25) is 4.79 Å². The quantitative estimate of drug-likeness (QED) is 0.294. The highest BCUT2D eigenvalue weighted by molar-refractivity contribution is 7.18. The molecule has 0 aliphatic carbocycles. The summed E-state index contributed by atoms with van der Waals surface area (Å²) in [4.78, 5) is 12.7. The molecule has 1 aromatic heterocycles. The van der Waals surface area contributed by atoms with Crippen molar-refractivity contribution in [3.8, 4) is 16.3 Å². The normalized spacial score (nSPS) is 11.0. The van der Waals surface area contributed by atoms with Crippen LogP contribution in [0.4, 0.5) is 9.52 Å². The molecule has 1 heterocycles. The van der Waals surface area contributed by atoms with E-state index in [9.17, 15) is 9.18 Å². The maximum absolute atomic E-state index is 14.3. The summed E-state index contributed by atoms with van der Waals surface area (Å²) in [5, 5.41) is 22.2. The van der Waals surface area contributed by atoms with Crippen LogP contribution in [0, 0.1) is 19.7 Å². The van der Waals surface area contributed by atoms with Crippen molar-refractivity contribution in [3.63, 3.8) is 0 Å². The molecule has 2 aromatic carbocycles. The number of aliphatic carboxylic acids is 1. The average molecular weight is 501 g/mol. The minimum Gasteiger partial charge on any atom is -0.492 e. The van der Waals surface area contributed by atoms with E-state index in [4.69, 9.17) is 9.84 Å². The first-order valence-electron chi connectivity index (χ1n) is 11.9. The number of carboxylic acids is 1. The number of anilines is 1. The zero-order valence-corrected chi connectivity index (χ0v) is 21.3. The Hall–Kier alpha value is -3.04. The van der Waals surface area contributed by atoms with Crippen LogP contribution < -0.4 is 15.0 Å². The van der Waals surface area contributed by atoms with Crippen molar-refractivity contribution in [1.29, 1.82) is 0 Å². The lowest BCUT2D eigenvalue weighted by Gasteiger charge is -2.21. The highest BCUT2D eigenvalue weighted by Crippen LogP contribution is 2.34. The number of nitrogens with zero attached hydrogens (tertiary/aromatic N) is 3. The molecule has 0 bridgehead atoms. The summed E-state index contributed by atoms with van der Waals surface area (Å²) in [5.74, 6) is -0.207. The third kappa shape index (κ3) is 7.73. The van der Waals surface area contributed by atoms with E-state index in [1.807, 2.05) is 38.1 Å². The van der Waals surface area contributed by atoms with Crippen LogP contribution in [-0.4, -0.2) is 47.5 Å². The van der Waals surface area contributed by atoms with Crippen molar-refractivity contribution in [2.24, 2.45) is 0 Å². The maximum atomic E-state index is 14.3. The number of rotatable bonds is 14. The first-order valence-corrected chi connectivity index (χ1v) is 12.7. The summed E-state index contributed by atoms with van der Waals surface area (Å²) >= 11 is 1.50. The molecule has 0 saturated carbocycles. The summed E-state index contributed by atoms with van der Waals surface area (Å²) in [6.07, 6.45) is 2.11. The van der Waals surface area contributed by atoms with Crippen LogP contribution in [0.2, 0.25) is 0 Å². The Kier molecular flexibility index (Phi) is 9.98. The predicted molar refractivity (Wildman–Crippen MR) is 138 cm³/mol. The SMILES string of the molecule is CCCCN(Cc1ccccc1F)c1nnc(-c2cc(C)c(OCCNCCC(=O)O)c(C)c2)s1. The van der Waals surface area contributed by atoms with Crippen LogP contribution in [0.1, 0.15) is 42.9 Å². The first-order chi connectivity index (χ1) is 16.9. The van der Waals surface area contributed by atoms with Crippen molar-refractivity contribution in [2.45, 2.75) is 46.6 Å². The number of carbonyl (C=O) groups is 1. The lowest BCUT2D eigenvalue weighted by molar-refractivity contribution is -0.136. The first kappa shape index (κ1) is 26.6. The number of aryl methyl sites for hydroxylation is 2. The van der Waals surface area contributed by atoms with Crippen molar-refractivity contribution >= 4 is 22.4 Å². The standard InChI is InChI=1S/C26H33FN4O3S/c1-4-5-13-31(17-20-8-6-7-9-22(20)27)26-30-29-25(35-26)21-15-18(2)24(19(3)16-21)34-14-12-28-11-10-23(32)33/h6-9,15-16,28H,4-5,10-14,17H2,1-3H3,(H,32,33). The second-order valence-electron chi connectivity index (χ2n) is 8.44. The topological polar surface area (TPSA) is 87.6 Å². The van der Waals surface area contributed by atoms with Gasteiger partial charge in [-0.2, -0.15) is 0 Å². The Morgan fingerprint density at radius 1 is 1.17 bits per heavy atom. The monoisotopic (exact) mass is 500 g/mol. The third-order valence-electron chi connectivity index (χ3n) is 5.53. The summed E-state index contributed by atoms with van der Waals surface area (Å²) in [6.45, 7) is 8.80. The number of benzene rings is 2. The van der Waals surface area contributed by atoms with Crippen LogP contribution in [0.25, 0.3) is 10.6 Å². The number of nitrogens with one attached hydrogen (secondary N) is 1. The van der Waals surface area contributed by atoms with Gasteiger partial charge in [-0.05, 0) is 49.6 Å². The van der Waals surface area contributed by atoms with E-state index in [1.165, 1.54) is 17.4 Å². The Morgan fingerprint density at radius 2 is 1.91 bits per heavy atom. The van der Waals surface area contributed by atoms with Gasteiger partial charge in [0.2, 0.25) is 5.13 Å². The molecule has 9 heteroatoms. The molecule has 188 valence electrons. The van der Waals surface area contributed by atoms with Gasteiger partial charge in [0.1, 0.15) is 23.2 Å². The van der Waals surface area contributed by atoms with Crippen molar-refractivity contribution in [1.82, 2.24) is 15.5 Å². The van der Waals surface area contributed by atoms with Gasteiger partial charge in [-0.1, -0.05) is 42.9 Å². The zero-order valence-electron chi connectivity index (χ0n) is 20.5. The van der Waals surface area contributed by atoms with Crippen LogP contribution in [0.5, 0.6) is 5.75 Å². The Labute approximate surface area is 210 Å². The van der Waals surface area contributed by atoms with Gasteiger partial charge in [0, 0.05) is 37.3 Å². The number of hydrogen-bond acceptors (Lipinski definition) is 7. The second-order valence-corrected chi connectivity index (χ2v) is 9.39. The van der Waals surface area contributed by atoms with E-state index < -0.39 is 5.97 Å². The Morgan fingerprint density at radius 3 is 2.60 bits per heavy atom. The van der Waals surface area contributed by atoms with Crippen LogP contribution in [0.3, 0.4) is 0 Å². The van der Waals surface area contributed by atoms with Crippen LogP contribution in [-0.2, 0) is 11.3 Å². The molecule has 7 nitrogen and oxygen atoms in total. The lowest BCUT2D eigenvalue weighted by atomic mass is 10.1. The van der Waals surface area contributed by atoms with Gasteiger partial charge in [0.15, 0.2) is 0 Å². The smallest absolute Gasteiger partial charge is 0.304 e. The molecule has 2 N–H and O–H groups in total. The Bertz CT molecular complexity index is 1100. The minimum atomic E-state index is -0.818. The maximum Gasteiger partial charge on any atom is 0.304 e. The number of unbranched alkanes of at least 4 members (excludes halogenated alkanes) is 1. The van der Waals surface area contributed by atoms with Crippen molar-refractivity contribution in [2.75, 3.05) is 31.1 Å². The molecule has 3 aromatic rings. The van der Waals surface area contributed by atoms with E-state index in [0.717, 1.165) is 52.0 Å². The van der Waals surface area contributed by atoms with Gasteiger partial charge >= 0.3 is 5.97 Å². The molecular weight excluding hydrogens is 467 g/mol. The van der Waals surface area contributed by atoms with E-state index in [1.54, 1.807) is 6.07 Å². The van der Waals surface area contributed by atoms with Gasteiger partial charge < -0.3 is 20.1 Å². The van der Waals surface area contributed by atoms with Crippen LogP contribution in [0.15, 0.2) is 36.4 Å². The average Bonchev–Trinajstić information content (AvgIpc) is 3.31. The summed E-state index contributed by atoms with van der Waals surface area (Å²) < 4.78 is 20.2. The molecule has 3 rings (SSSR count). The molecule has 0 amide bonds.